The van der Waals surface area contributed by atoms with Gasteiger partial charge in [0.1, 0.15) is 12.4 Å². The van der Waals surface area contributed by atoms with Crippen molar-refractivity contribution in [1.82, 2.24) is 10.6 Å². The van der Waals surface area contributed by atoms with Crippen molar-refractivity contribution in [2.75, 3.05) is 20.2 Å². The minimum absolute atomic E-state index is 0.0577. The van der Waals surface area contributed by atoms with Crippen LogP contribution in [0, 0.1) is 0 Å². The number of hydrogen-bond acceptors (Lipinski definition) is 3. The van der Waals surface area contributed by atoms with Crippen LogP contribution < -0.4 is 15.4 Å². The second kappa shape index (κ2) is 4.53. The maximum atomic E-state index is 11.8. The topological polar surface area (TPSA) is 50.4 Å². The maximum Gasteiger partial charge on any atom is 0.255 e. The molecule has 86 valence electrons. The summed E-state index contributed by atoms with van der Waals surface area (Å²) < 4.78 is 5.48. The molecule has 1 atom stereocenters. The number of nitrogens with one attached hydrogen (secondary N) is 2. The lowest BCUT2D eigenvalue weighted by Gasteiger charge is -2.13. The quantitative estimate of drug-likeness (QED) is 0.784. The smallest absolute Gasteiger partial charge is 0.255 e. The maximum absolute atomic E-state index is 11.8. The van der Waals surface area contributed by atoms with Gasteiger partial charge >= 0.3 is 0 Å². The molecule has 0 radical (unpaired) electrons. The van der Waals surface area contributed by atoms with Gasteiger partial charge in [-0.25, -0.2) is 0 Å². The first-order valence-electron chi connectivity index (χ1n) is 5.44. The number of benzene rings is 1. The van der Waals surface area contributed by atoms with E-state index < -0.39 is 0 Å². The van der Waals surface area contributed by atoms with Crippen LogP contribution in [0.3, 0.4) is 0 Å². The molecule has 16 heavy (non-hydrogen) atoms. The summed E-state index contributed by atoms with van der Waals surface area (Å²) in [6.45, 7) is 3.14. The molecule has 1 aliphatic rings. The first kappa shape index (κ1) is 11.0. The molecule has 2 rings (SSSR count). The van der Waals surface area contributed by atoms with Gasteiger partial charge in [0, 0.05) is 6.04 Å². The molecule has 4 heteroatoms. The minimum atomic E-state index is -0.0577. The van der Waals surface area contributed by atoms with Crippen molar-refractivity contribution in [2.24, 2.45) is 0 Å². The molecule has 1 amide bonds. The summed E-state index contributed by atoms with van der Waals surface area (Å²) in [4.78, 5) is 11.8. The van der Waals surface area contributed by atoms with Crippen molar-refractivity contribution < 1.29 is 9.53 Å². The number of hydrogen-bond donors (Lipinski definition) is 2. The number of carbonyl (C=O) groups is 1. The van der Waals surface area contributed by atoms with Gasteiger partial charge in [-0.2, -0.15) is 0 Å². The molecule has 1 aromatic carbocycles. The van der Waals surface area contributed by atoms with Crippen LogP contribution in [0.1, 0.15) is 28.9 Å². The molecular formula is C12H16N2O2. The van der Waals surface area contributed by atoms with Crippen LogP contribution in [0.25, 0.3) is 0 Å². The lowest BCUT2D eigenvalue weighted by Crippen LogP contribution is -2.24. The third-order valence-corrected chi connectivity index (χ3v) is 2.83. The van der Waals surface area contributed by atoms with E-state index in [0.717, 1.165) is 5.56 Å². The number of rotatable bonds is 2. The van der Waals surface area contributed by atoms with Gasteiger partial charge in [0.05, 0.1) is 12.1 Å². The van der Waals surface area contributed by atoms with Crippen LogP contribution in [-0.2, 0) is 0 Å². The van der Waals surface area contributed by atoms with Crippen molar-refractivity contribution in [3.63, 3.8) is 0 Å². The normalized spacial score (nSPS) is 16.8. The zero-order valence-corrected chi connectivity index (χ0v) is 9.54. The predicted octanol–water partition coefficient (Wildman–Crippen LogP) is 1.09. The van der Waals surface area contributed by atoms with E-state index in [1.165, 1.54) is 0 Å². The highest BCUT2D eigenvalue weighted by atomic mass is 16.5. The van der Waals surface area contributed by atoms with E-state index in [-0.39, 0.29) is 11.9 Å². The Kier molecular flexibility index (Phi) is 3.10. The van der Waals surface area contributed by atoms with Crippen molar-refractivity contribution in [2.45, 2.75) is 13.0 Å². The van der Waals surface area contributed by atoms with Gasteiger partial charge in [-0.15, -0.1) is 0 Å². The summed E-state index contributed by atoms with van der Waals surface area (Å²) in [5.41, 5.74) is 1.71. The third-order valence-electron chi connectivity index (χ3n) is 2.83. The molecular weight excluding hydrogens is 204 g/mol. The Labute approximate surface area is 95.0 Å². The van der Waals surface area contributed by atoms with Crippen LogP contribution in [0.4, 0.5) is 0 Å². The largest absolute Gasteiger partial charge is 0.491 e. The molecule has 0 aromatic heterocycles. The molecule has 1 aromatic rings. The van der Waals surface area contributed by atoms with Gasteiger partial charge in [0.15, 0.2) is 0 Å². The molecule has 1 heterocycles. The van der Waals surface area contributed by atoms with E-state index in [0.29, 0.717) is 24.5 Å². The van der Waals surface area contributed by atoms with Crippen molar-refractivity contribution in [3.05, 3.63) is 29.3 Å². The Morgan fingerprint density at radius 2 is 2.31 bits per heavy atom. The van der Waals surface area contributed by atoms with Crippen molar-refractivity contribution in [1.29, 1.82) is 0 Å². The number of carbonyl (C=O) groups excluding carboxylic acids is 1. The Bertz CT molecular complexity index is 404. The van der Waals surface area contributed by atoms with Gasteiger partial charge in [0.2, 0.25) is 0 Å². The Hall–Kier alpha value is -1.55. The van der Waals surface area contributed by atoms with E-state index in [1.54, 1.807) is 0 Å². The zero-order valence-electron chi connectivity index (χ0n) is 9.54. The zero-order chi connectivity index (χ0) is 11.5. The molecule has 0 spiro atoms. The molecule has 0 bridgehead atoms. The Balaban J connectivity index is 2.39. The summed E-state index contributed by atoms with van der Waals surface area (Å²) in [6.07, 6.45) is 0. The highest BCUT2D eigenvalue weighted by Crippen LogP contribution is 2.24. The fraction of sp³-hybridized carbons (Fsp3) is 0.417. The van der Waals surface area contributed by atoms with Gasteiger partial charge in [0.25, 0.3) is 5.91 Å². The number of ether oxygens (including phenoxy) is 1. The first-order chi connectivity index (χ1) is 7.72. The molecule has 0 saturated heterocycles. The second-order valence-electron chi connectivity index (χ2n) is 3.87. The summed E-state index contributed by atoms with van der Waals surface area (Å²) >= 11 is 0. The summed E-state index contributed by atoms with van der Waals surface area (Å²) in [7, 11) is 1.90. The van der Waals surface area contributed by atoms with Crippen LogP contribution in [0.15, 0.2) is 18.2 Å². The van der Waals surface area contributed by atoms with E-state index in [2.05, 4.69) is 17.6 Å². The number of fused-ring (bicyclic) bond motifs is 1. The highest BCUT2D eigenvalue weighted by molar-refractivity contribution is 5.97. The lowest BCUT2D eigenvalue weighted by molar-refractivity contribution is 0.0957. The molecule has 1 aliphatic heterocycles. The minimum Gasteiger partial charge on any atom is -0.491 e. The molecule has 2 N–H and O–H groups in total. The predicted molar refractivity (Wildman–Crippen MR) is 61.7 cm³/mol. The Morgan fingerprint density at radius 3 is 3.06 bits per heavy atom. The fourth-order valence-electron chi connectivity index (χ4n) is 1.71. The van der Waals surface area contributed by atoms with E-state index in [1.807, 2.05) is 25.2 Å². The molecule has 0 fully saturated rings. The third kappa shape index (κ3) is 2.02. The van der Waals surface area contributed by atoms with E-state index >= 15 is 0 Å². The average molecular weight is 220 g/mol. The van der Waals surface area contributed by atoms with Crippen LogP contribution in [-0.4, -0.2) is 26.1 Å². The van der Waals surface area contributed by atoms with Crippen LogP contribution in [0.2, 0.25) is 0 Å². The standard InChI is InChI=1S/C12H16N2O2/c1-8(13-2)9-3-4-11-10(7-9)12(15)14-5-6-16-11/h3-4,7-8,13H,5-6H2,1-2H3,(H,14,15). The molecule has 1 unspecified atom stereocenters. The first-order valence-corrected chi connectivity index (χ1v) is 5.44. The van der Waals surface area contributed by atoms with Crippen LogP contribution in [0.5, 0.6) is 5.75 Å². The fourth-order valence-corrected chi connectivity index (χ4v) is 1.71. The summed E-state index contributed by atoms with van der Waals surface area (Å²) in [5.74, 6) is 0.611. The van der Waals surface area contributed by atoms with E-state index in [9.17, 15) is 4.79 Å². The molecule has 0 saturated carbocycles. The summed E-state index contributed by atoms with van der Waals surface area (Å²) in [6, 6.07) is 5.96. The van der Waals surface area contributed by atoms with E-state index in [4.69, 9.17) is 4.74 Å². The van der Waals surface area contributed by atoms with Gasteiger partial charge in [-0.3, -0.25) is 4.79 Å². The van der Waals surface area contributed by atoms with Gasteiger partial charge < -0.3 is 15.4 Å². The van der Waals surface area contributed by atoms with Gasteiger partial charge in [-0.1, -0.05) is 6.07 Å². The number of amides is 1. The summed E-state index contributed by atoms with van der Waals surface area (Å²) in [5, 5.41) is 5.95. The van der Waals surface area contributed by atoms with Crippen molar-refractivity contribution in [3.8, 4) is 5.75 Å². The second-order valence-corrected chi connectivity index (χ2v) is 3.87. The van der Waals surface area contributed by atoms with Crippen molar-refractivity contribution >= 4 is 5.91 Å². The average Bonchev–Trinajstić information content (AvgIpc) is 2.50. The molecule has 4 nitrogen and oxygen atoms in total. The molecule has 0 aliphatic carbocycles. The Morgan fingerprint density at radius 1 is 1.50 bits per heavy atom. The lowest BCUT2D eigenvalue weighted by atomic mass is 10.0. The van der Waals surface area contributed by atoms with Gasteiger partial charge in [-0.05, 0) is 31.7 Å². The SMILES string of the molecule is CNC(C)c1ccc2c(c1)C(=O)NCCO2. The van der Waals surface area contributed by atoms with Crippen LogP contribution >= 0.6 is 0 Å². The highest BCUT2D eigenvalue weighted by Gasteiger charge is 2.17. The monoisotopic (exact) mass is 220 g/mol.